The maximum absolute atomic E-state index is 13.9. The summed E-state index contributed by atoms with van der Waals surface area (Å²) in [6.07, 6.45) is 0.333. The van der Waals surface area contributed by atoms with E-state index in [1.165, 1.54) is 32.7 Å². The average Bonchev–Trinajstić information content (AvgIpc) is 3.48. The lowest BCUT2D eigenvalue weighted by molar-refractivity contribution is 0.0376. The Morgan fingerprint density at radius 1 is 0.977 bits per heavy atom. The monoisotopic (exact) mass is 629 g/mol. The number of amides is 2. The van der Waals surface area contributed by atoms with Crippen molar-refractivity contribution in [1.29, 1.82) is 0 Å². The first kappa shape index (κ1) is 31.3. The van der Waals surface area contributed by atoms with Crippen LogP contribution in [0.15, 0.2) is 41.3 Å². The van der Waals surface area contributed by atoms with Crippen LogP contribution >= 0.6 is 11.3 Å². The first-order chi connectivity index (χ1) is 20.7. The lowest BCUT2D eigenvalue weighted by Crippen LogP contribution is -2.50. The number of fused-ring (bicyclic) bond motifs is 1. The predicted octanol–water partition coefficient (Wildman–Crippen LogP) is 3.75. The van der Waals surface area contributed by atoms with Crippen LogP contribution in [0.2, 0.25) is 0 Å². The topological polar surface area (TPSA) is 113 Å². The maximum Gasteiger partial charge on any atom is 0.409 e. The van der Waals surface area contributed by atoms with Crippen molar-refractivity contribution in [2.75, 3.05) is 77.1 Å². The van der Waals surface area contributed by atoms with Gasteiger partial charge in [0.15, 0.2) is 5.13 Å². The molecule has 3 heterocycles. The minimum absolute atomic E-state index is 0.110. The molecule has 2 aliphatic rings. The fourth-order valence-corrected chi connectivity index (χ4v) is 7.88. The molecular weight excluding hydrogens is 590 g/mol. The van der Waals surface area contributed by atoms with E-state index in [-0.39, 0.29) is 43.6 Å². The van der Waals surface area contributed by atoms with E-state index in [0.29, 0.717) is 17.2 Å². The van der Waals surface area contributed by atoms with Crippen LogP contribution in [0.4, 0.5) is 9.93 Å². The van der Waals surface area contributed by atoms with Gasteiger partial charge in [0.2, 0.25) is 10.0 Å². The summed E-state index contributed by atoms with van der Waals surface area (Å²) in [6.45, 7) is 11.5. The van der Waals surface area contributed by atoms with E-state index >= 15 is 0 Å². The van der Waals surface area contributed by atoms with E-state index in [4.69, 9.17) is 14.5 Å². The van der Waals surface area contributed by atoms with Crippen molar-refractivity contribution in [3.8, 4) is 0 Å². The number of carbonyl (C=O) groups is 2. The molecular formula is C30H39N5O6S2. The number of thiazole rings is 1. The van der Waals surface area contributed by atoms with Crippen molar-refractivity contribution in [2.24, 2.45) is 0 Å². The molecule has 1 aromatic heterocycles. The van der Waals surface area contributed by atoms with Gasteiger partial charge in [-0.2, -0.15) is 4.31 Å². The molecule has 0 saturated carbocycles. The molecule has 0 N–H and O–H groups in total. The first-order valence-corrected chi connectivity index (χ1v) is 17.0. The van der Waals surface area contributed by atoms with Gasteiger partial charge in [-0.05, 0) is 62.6 Å². The zero-order valence-electron chi connectivity index (χ0n) is 25.0. The standard InChI is InChI=1S/C30H39N5O6S2/c1-4-41-30(37)33-14-16-34(17-15-33)43(38,39)25-10-8-24(9-11-25)28(36)35(13-5-12-32-18-20-40-21-19-32)29-31-26-22(2)6-7-23(3)27(26)42-29/h6-11H,4-5,12-21H2,1-3H3. The number of hydrogen-bond donors (Lipinski definition) is 0. The van der Waals surface area contributed by atoms with Crippen LogP contribution in [0, 0.1) is 13.8 Å². The smallest absolute Gasteiger partial charge is 0.409 e. The second-order valence-corrected chi connectivity index (χ2v) is 13.7. The Morgan fingerprint density at radius 2 is 1.65 bits per heavy atom. The lowest BCUT2D eigenvalue weighted by atomic mass is 10.1. The molecule has 0 radical (unpaired) electrons. The summed E-state index contributed by atoms with van der Waals surface area (Å²) >= 11 is 1.51. The van der Waals surface area contributed by atoms with E-state index < -0.39 is 16.1 Å². The van der Waals surface area contributed by atoms with Crippen molar-refractivity contribution in [1.82, 2.24) is 19.1 Å². The fourth-order valence-electron chi connectivity index (χ4n) is 5.32. The number of hydrogen-bond acceptors (Lipinski definition) is 9. The molecule has 0 atom stereocenters. The van der Waals surface area contributed by atoms with Gasteiger partial charge < -0.3 is 14.4 Å². The van der Waals surface area contributed by atoms with Gasteiger partial charge in [0.25, 0.3) is 5.91 Å². The quantitative estimate of drug-likeness (QED) is 0.352. The number of carbonyl (C=O) groups excluding carboxylic acids is 2. The molecule has 0 aliphatic carbocycles. The van der Waals surface area contributed by atoms with E-state index in [2.05, 4.69) is 11.0 Å². The van der Waals surface area contributed by atoms with Crippen LogP contribution in [-0.4, -0.2) is 112 Å². The minimum atomic E-state index is -3.79. The van der Waals surface area contributed by atoms with Crippen molar-refractivity contribution < 1.29 is 27.5 Å². The SMILES string of the molecule is CCOC(=O)N1CCN(S(=O)(=O)c2ccc(C(=O)N(CCCN3CCOCC3)c3nc4c(C)ccc(C)c4s3)cc2)CC1. The second-order valence-electron chi connectivity index (χ2n) is 10.8. The van der Waals surface area contributed by atoms with Gasteiger partial charge in [-0.1, -0.05) is 23.5 Å². The largest absolute Gasteiger partial charge is 0.450 e. The van der Waals surface area contributed by atoms with Gasteiger partial charge >= 0.3 is 6.09 Å². The lowest BCUT2D eigenvalue weighted by Gasteiger charge is -2.33. The number of piperazine rings is 1. The molecule has 0 spiro atoms. The van der Waals surface area contributed by atoms with Crippen molar-refractivity contribution >= 4 is 48.7 Å². The Labute approximate surface area is 257 Å². The molecule has 3 aromatic rings. The van der Waals surface area contributed by atoms with Crippen molar-refractivity contribution in [3.63, 3.8) is 0 Å². The number of sulfonamides is 1. The molecule has 2 amide bonds. The molecule has 2 saturated heterocycles. The summed E-state index contributed by atoms with van der Waals surface area (Å²) in [7, 11) is -3.79. The van der Waals surface area contributed by atoms with Gasteiger partial charge in [0.05, 0.1) is 34.9 Å². The van der Waals surface area contributed by atoms with Crippen LogP contribution in [-0.2, 0) is 19.5 Å². The summed E-state index contributed by atoms with van der Waals surface area (Å²) in [5, 5.41) is 0.635. The molecule has 2 aromatic carbocycles. The minimum Gasteiger partial charge on any atom is -0.450 e. The number of nitrogens with zero attached hydrogens (tertiary/aromatic N) is 5. The Balaban J connectivity index is 1.33. The predicted molar refractivity (Wildman–Crippen MR) is 166 cm³/mol. The highest BCUT2D eigenvalue weighted by molar-refractivity contribution is 7.89. The third-order valence-electron chi connectivity index (χ3n) is 7.87. The van der Waals surface area contributed by atoms with Gasteiger partial charge in [-0.15, -0.1) is 0 Å². The van der Waals surface area contributed by atoms with Gasteiger partial charge in [0.1, 0.15) is 0 Å². The van der Waals surface area contributed by atoms with E-state index in [0.717, 1.165) is 60.6 Å². The molecule has 11 nitrogen and oxygen atoms in total. The number of aryl methyl sites for hydroxylation is 2. The molecule has 0 unspecified atom stereocenters. The van der Waals surface area contributed by atoms with E-state index in [1.807, 2.05) is 19.9 Å². The van der Waals surface area contributed by atoms with Gasteiger partial charge in [-0.25, -0.2) is 18.2 Å². The Morgan fingerprint density at radius 3 is 2.30 bits per heavy atom. The molecule has 2 fully saturated rings. The van der Waals surface area contributed by atoms with Crippen LogP contribution in [0.1, 0.15) is 34.8 Å². The van der Waals surface area contributed by atoms with Crippen molar-refractivity contribution in [3.05, 3.63) is 53.1 Å². The van der Waals surface area contributed by atoms with Crippen LogP contribution in [0.5, 0.6) is 0 Å². The number of aromatic nitrogens is 1. The van der Waals surface area contributed by atoms with E-state index in [9.17, 15) is 18.0 Å². The Bertz CT molecular complexity index is 1510. The number of morpholine rings is 1. The Hall–Kier alpha value is -3.10. The van der Waals surface area contributed by atoms with Gasteiger partial charge in [-0.3, -0.25) is 14.6 Å². The van der Waals surface area contributed by atoms with E-state index in [1.54, 1.807) is 24.0 Å². The molecule has 0 bridgehead atoms. The highest BCUT2D eigenvalue weighted by Crippen LogP contribution is 2.34. The molecule has 5 rings (SSSR count). The zero-order valence-corrected chi connectivity index (χ0v) is 26.6. The number of anilines is 1. The Kier molecular flexibility index (Phi) is 9.97. The molecule has 232 valence electrons. The van der Waals surface area contributed by atoms with Gasteiger partial charge in [0, 0.05) is 57.9 Å². The first-order valence-electron chi connectivity index (χ1n) is 14.7. The fraction of sp³-hybridized carbons (Fsp3) is 0.500. The normalized spacial score (nSPS) is 16.9. The third kappa shape index (κ3) is 7.01. The van der Waals surface area contributed by atoms with Crippen LogP contribution in [0.3, 0.4) is 0 Å². The summed E-state index contributed by atoms with van der Waals surface area (Å²) in [5.41, 5.74) is 3.46. The van der Waals surface area contributed by atoms with Crippen LogP contribution in [0.25, 0.3) is 10.2 Å². The highest BCUT2D eigenvalue weighted by atomic mass is 32.2. The number of benzene rings is 2. The third-order valence-corrected chi connectivity index (χ3v) is 11.0. The number of rotatable bonds is 9. The van der Waals surface area contributed by atoms with Crippen LogP contribution < -0.4 is 4.90 Å². The number of ether oxygens (including phenoxy) is 2. The summed E-state index contributed by atoms with van der Waals surface area (Å²) in [4.78, 5) is 36.5. The average molecular weight is 630 g/mol. The molecule has 2 aliphatic heterocycles. The summed E-state index contributed by atoms with van der Waals surface area (Å²) in [5.74, 6) is -0.219. The summed E-state index contributed by atoms with van der Waals surface area (Å²) < 4.78 is 39.6. The molecule has 43 heavy (non-hydrogen) atoms. The summed E-state index contributed by atoms with van der Waals surface area (Å²) in [6, 6.07) is 10.2. The zero-order chi connectivity index (χ0) is 30.6. The highest BCUT2D eigenvalue weighted by Gasteiger charge is 2.31. The maximum atomic E-state index is 13.9. The second kappa shape index (κ2) is 13.7. The molecule has 13 heteroatoms. The van der Waals surface area contributed by atoms with Crippen molar-refractivity contribution in [2.45, 2.75) is 32.1 Å².